The molecule has 1 aliphatic rings. The number of hydrogen-bond donors (Lipinski definition) is 2. The fourth-order valence-corrected chi connectivity index (χ4v) is 2.37. The Morgan fingerprint density at radius 1 is 1.55 bits per heavy atom. The maximum atomic E-state index is 12.3. The highest BCUT2D eigenvalue weighted by atomic mass is 35.5. The van der Waals surface area contributed by atoms with Crippen LogP contribution in [0.2, 0.25) is 5.02 Å². The number of benzene rings is 1. The van der Waals surface area contributed by atoms with Gasteiger partial charge in [0.15, 0.2) is 0 Å². The molecule has 3 N–H and O–H groups in total. The molecule has 1 amide bonds. The van der Waals surface area contributed by atoms with Crippen molar-refractivity contribution in [1.82, 2.24) is 10.2 Å². The van der Waals surface area contributed by atoms with Crippen LogP contribution in [0.3, 0.4) is 0 Å². The molecule has 0 saturated carbocycles. The minimum Gasteiger partial charge on any atom is -0.496 e. The molecule has 0 atom stereocenters. The van der Waals surface area contributed by atoms with Crippen molar-refractivity contribution in [3.63, 3.8) is 0 Å². The van der Waals surface area contributed by atoms with Crippen LogP contribution in [0.5, 0.6) is 5.75 Å². The molecule has 22 heavy (non-hydrogen) atoms. The zero-order chi connectivity index (χ0) is 15.4. The van der Waals surface area contributed by atoms with Crippen molar-refractivity contribution in [1.29, 1.82) is 0 Å². The Labute approximate surface area is 141 Å². The minimum absolute atomic E-state index is 0. The quantitative estimate of drug-likeness (QED) is 0.797. The van der Waals surface area contributed by atoms with Gasteiger partial charge in [-0.2, -0.15) is 0 Å². The van der Waals surface area contributed by atoms with E-state index in [2.05, 4.69) is 22.1 Å². The van der Waals surface area contributed by atoms with E-state index in [1.54, 1.807) is 6.07 Å². The Balaban J connectivity index is 0.00000242. The lowest BCUT2D eigenvalue weighted by atomic mass is 10.1. The summed E-state index contributed by atoms with van der Waals surface area (Å²) >= 11 is 5.97. The third-order valence-corrected chi connectivity index (χ3v) is 3.71. The molecule has 0 spiro atoms. The number of anilines is 1. The van der Waals surface area contributed by atoms with E-state index < -0.39 is 0 Å². The largest absolute Gasteiger partial charge is 0.496 e. The molecule has 0 unspecified atom stereocenters. The average Bonchev–Trinajstić information content (AvgIpc) is 2.94. The normalized spacial score (nSPS) is 13.4. The van der Waals surface area contributed by atoms with Gasteiger partial charge in [0, 0.05) is 19.2 Å². The first-order valence-corrected chi connectivity index (χ1v) is 7.14. The van der Waals surface area contributed by atoms with Crippen LogP contribution in [0.1, 0.15) is 17.3 Å². The number of likely N-dealkylation sites (N-methyl/N-ethyl adjacent to an activating group) is 1. The van der Waals surface area contributed by atoms with Gasteiger partial charge in [-0.25, -0.2) is 0 Å². The molecule has 122 valence electrons. The predicted octanol–water partition coefficient (Wildman–Crippen LogP) is 1.82. The first-order valence-electron chi connectivity index (χ1n) is 6.76. The van der Waals surface area contributed by atoms with Gasteiger partial charge in [0.2, 0.25) is 0 Å². The van der Waals surface area contributed by atoms with Crippen LogP contribution in [0.4, 0.5) is 5.69 Å². The molecule has 1 aromatic rings. The van der Waals surface area contributed by atoms with Gasteiger partial charge in [-0.3, -0.25) is 9.79 Å². The molecular formula is C14H20Cl2N4O2. The van der Waals surface area contributed by atoms with Crippen molar-refractivity contribution in [2.24, 2.45) is 4.99 Å². The third-order valence-electron chi connectivity index (χ3n) is 3.38. The van der Waals surface area contributed by atoms with Crippen molar-refractivity contribution in [2.45, 2.75) is 6.92 Å². The van der Waals surface area contributed by atoms with Gasteiger partial charge in [0.1, 0.15) is 11.6 Å². The second kappa shape index (κ2) is 8.10. The highest BCUT2D eigenvalue weighted by molar-refractivity contribution is 6.33. The highest BCUT2D eigenvalue weighted by Crippen LogP contribution is 2.28. The van der Waals surface area contributed by atoms with Crippen LogP contribution in [-0.2, 0) is 0 Å². The van der Waals surface area contributed by atoms with Gasteiger partial charge < -0.3 is 20.7 Å². The van der Waals surface area contributed by atoms with Crippen molar-refractivity contribution in [3.05, 3.63) is 22.7 Å². The molecule has 2 rings (SSSR count). The molecule has 0 saturated heterocycles. The fourth-order valence-electron chi connectivity index (χ4n) is 2.21. The Morgan fingerprint density at radius 3 is 2.91 bits per heavy atom. The first-order chi connectivity index (χ1) is 10.1. The van der Waals surface area contributed by atoms with E-state index in [0.717, 1.165) is 25.5 Å². The number of rotatable bonds is 5. The number of aliphatic imine (C=N–C) groups is 1. The standard InChI is InChI=1S/C14H19ClN4O2.ClH/c1-3-19-5-4-17-13(19)8-18-14(20)9-6-10(15)11(16)7-12(9)21-2;/h6-7H,3-5,8,16H2,1-2H3,(H,18,20);1H. The second-order valence-electron chi connectivity index (χ2n) is 4.63. The van der Waals surface area contributed by atoms with Crippen molar-refractivity contribution < 1.29 is 9.53 Å². The molecule has 6 nitrogen and oxygen atoms in total. The zero-order valence-corrected chi connectivity index (χ0v) is 14.1. The summed E-state index contributed by atoms with van der Waals surface area (Å²) in [6, 6.07) is 3.06. The number of ether oxygens (including phenoxy) is 1. The van der Waals surface area contributed by atoms with Gasteiger partial charge in [-0.05, 0) is 13.0 Å². The molecule has 1 aliphatic heterocycles. The summed E-state index contributed by atoms with van der Waals surface area (Å²) in [4.78, 5) is 18.8. The van der Waals surface area contributed by atoms with E-state index in [1.165, 1.54) is 13.2 Å². The van der Waals surface area contributed by atoms with Crippen LogP contribution in [0.15, 0.2) is 17.1 Å². The Kier molecular flexibility index (Phi) is 6.77. The lowest BCUT2D eigenvalue weighted by Gasteiger charge is -2.18. The van der Waals surface area contributed by atoms with Gasteiger partial charge in [-0.1, -0.05) is 11.6 Å². The van der Waals surface area contributed by atoms with Crippen molar-refractivity contribution in [2.75, 3.05) is 39.0 Å². The number of nitrogens with one attached hydrogen (secondary N) is 1. The maximum absolute atomic E-state index is 12.3. The van der Waals surface area contributed by atoms with Gasteiger partial charge in [-0.15, -0.1) is 12.4 Å². The molecule has 8 heteroatoms. The third kappa shape index (κ3) is 3.96. The van der Waals surface area contributed by atoms with Crippen molar-refractivity contribution >= 4 is 41.4 Å². The van der Waals surface area contributed by atoms with Crippen molar-refractivity contribution in [3.8, 4) is 5.75 Å². The van der Waals surface area contributed by atoms with Crippen LogP contribution in [0.25, 0.3) is 0 Å². The number of methoxy groups -OCH3 is 1. The van der Waals surface area contributed by atoms with Gasteiger partial charge >= 0.3 is 0 Å². The number of nitrogen functional groups attached to an aromatic ring is 1. The van der Waals surface area contributed by atoms with E-state index in [0.29, 0.717) is 28.6 Å². The monoisotopic (exact) mass is 346 g/mol. The average molecular weight is 347 g/mol. The second-order valence-corrected chi connectivity index (χ2v) is 5.04. The number of carbonyl (C=O) groups excluding carboxylic acids is 1. The van der Waals surface area contributed by atoms with Crippen LogP contribution in [-0.4, -0.2) is 49.9 Å². The Bertz CT molecular complexity index is 578. The van der Waals surface area contributed by atoms with Crippen LogP contribution < -0.4 is 15.8 Å². The molecule has 1 aromatic carbocycles. The fraction of sp³-hybridized carbons (Fsp3) is 0.429. The molecular weight excluding hydrogens is 327 g/mol. The van der Waals surface area contributed by atoms with E-state index in [1.807, 2.05) is 0 Å². The molecule has 0 aromatic heterocycles. The minimum atomic E-state index is -0.264. The zero-order valence-electron chi connectivity index (χ0n) is 12.6. The highest BCUT2D eigenvalue weighted by Gasteiger charge is 2.18. The van der Waals surface area contributed by atoms with E-state index in [-0.39, 0.29) is 18.3 Å². The predicted molar refractivity (Wildman–Crippen MR) is 91.5 cm³/mol. The summed E-state index contributed by atoms with van der Waals surface area (Å²) in [5.41, 5.74) is 6.44. The van der Waals surface area contributed by atoms with Gasteiger partial charge in [0.25, 0.3) is 5.91 Å². The number of amides is 1. The number of nitrogens with two attached hydrogens (primary N) is 1. The summed E-state index contributed by atoms with van der Waals surface area (Å²) < 4.78 is 5.18. The molecule has 1 heterocycles. The molecule has 0 aliphatic carbocycles. The number of carbonyl (C=O) groups is 1. The lowest BCUT2D eigenvalue weighted by Crippen LogP contribution is -2.38. The van der Waals surface area contributed by atoms with E-state index in [4.69, 9.17) is 22.1 Å². The number of halogens is 2. The lowest BCUT2D eigenvalue weighted by molar-refractivity contribution is 0.0955. The summed E-state index contributed by atoms with van der Waals surface area (Å²) in [5, 5.41) is 3.16. The SMILES string of the molecule is CCN1CCN=C1CNC(=O)c1cc(Cl)c(N)cc1OC.Cl. The summed E-state index contributed by atoms with van der Waals surface area (Å²) in [6.45, 7) is 5.00. The topological polar surface area (TPSA) is 80.0 Å². The summed E-state index contributed by atoms with van der Waals surface area (Å²) in [6.07, 6.45) is 0. The number of amidine groups is 1. The first kappa shape index (κ1) is 18.4. The Hall–Kier alpha value is -1.66. The maximum Gasteiger partial charge on any atom is 0.255 e. The smallest absolute Gasteiger partial charge is 0.255 e. The van der Waals surface area contributed by atoms with Crippen LogP contribution in [0, 0.1) is 0 Å². The summed E-state index contributed by atoms with van der Waals surface area (Å²) in [5.74, 6) is 1.03. The van der Waals surface area contributed by atoms with Gasteiger partial charge in [0.05, 0.1) is 36.5 Å². The van der Waals surface area contributed by atoms with Crippen LogP contribution >= 0.6 is 24.0 Å². The number of nitrogens with zero attached hydrogens (tertiary/aromatic N) is 2. The molecule has 0 fully saturated rings. The molecule has 0 radical (unpaired) electrons. The summed E-state index contributed by atoms with van der Waals surface area (Å²) in [7, 11) is 1.49. The van der Waals surface area contributed by atoms with E-state index in [9.17, 15) is 4.79 Å². The Morgan fingerprint density at radius 2 is 2.27 bits per heavy atom. The molecule has 0 bridgehead atoms. The number of hydrogen-bond acceptors (Lipinski definition) is 5. The van der Waals surface area contributed by atoms with E-state index >= 15 is 0 Å².